The molecule has 0 unspecified atom stereocenters. The van der Waals surface area contributed by atoms with E-state index in [4.69, 9.17) is 4.74 Å². The molecule has 0 bridgehead atoms. The van der Waals surface area contributed by atoms with Crippen LogP contribution in [0.25, 0.3) is 0 Å². The molecule has 3 aromatic rings. The van der Waals surface area contributed by atoms with Crippen molar-refractivity contribution in [3.8, 4) is 0 Å². The highest BCUT2D eigenvalue weighted by atomic mass is 19.1. The minimum atomic E-state index is -0.470. The van der Waals surface area contributed by atoms with E-state index in [0.29, 0.717) is 43.5 Å². The quantitative estimate of drug-likeness (QED) is 0.325. The largest absolute Gasteiger partial charge is 0.378 e. The van der Waals surface area contributed by atoms with Gasteiger partial charge in [0.25, 0.3) is 5.69 Å². The SMILES string of the molecule is O=[N+]([O-])c1ccc(Nc2nc(N/N=C\c3cccc(F)c3)nc(N3CCOCC3)n2)cc1. The van der Waals surface area contributed by atoms with Crippen LogP contribution >= 0.6 is 0 Å². The fourth-order valence-electron chi connectivity index (χ4n) is 2.92. The molecule has 0 saturated carbocycles. The van der Waals surface area contributed by atoms with Crippen LogP contribution in [0.4, 0.5) is 33.6 Å². The molecule has 0 spiro atoms. The summed E-state index contributed by atoms with van der Waals surface area (Å²) >= 11 is 0. The molecule has 4 rings (SSSR count). The average molecular weight is 438 g/mol. The van der Waals surface area contributed by atoms with Crippen LogP contribution in [0.15, 0.2) is 53.6 Å². The third-order valence-corrected chi connectivity index (χ3v) is 4.48. The Morgan fingerprint density at radius 1 is 1.09 bits per heavy atom. The molecule has 2 heterocycles. The maximum atomic E-state index is 13.3. The third kappa shape index (κ3) is 5.49. The summed E-state index contributed by atoms with van der Waals surface area (Å²) in [6.45, 7) is 2.34. The highest BCUT2D eigenvalue weighted by molar-refractivity contribution is 5.79. The van der Waals surface area contributed by atoms with Crippen molar-refractivity contribution in [2.75, 3.05) is 41.9 Å². The lowest BCUT2D eigenvalue weighted by molar-refractivity contribution is -0.384. The van der Waals surface area contributed by atoms with Crippen LogP contribution in [0.3, 0.4) is 0 Å². The lowest BCUT2D eigenvalue weighted by atomic mass is 10.2. The highest BCUT2D eigenvalue weighted by Gasteiger charge is 2.17. The molecular weight excluding hydrogens is 419 g/mol. The standard InChI is InChI=1S/C20H19FN8O3/c21-15-3-1-2-14(12-15)13-22-27-19-24-18(23-16-4-6-17(7-5-16)29(30)31)25-20(26-19)28-8-10-32-11-9-28/h1-7,12-13H,8-11H2,(H2,23,24,25,26,27)/b22-13-. The Bertz CT molecular complexity index is 1120. The molecule has 2 aromatic carbocycles. The first-order chi connectivity index (χ1) is 15.6. The molecule has 1 aliphatic rings. The molecule has 32 heavy (non-hydrogen) atoms. The summed E-state index contributed by atoms with van der Waals surface area (Å²) in [4.78, 5) is 25.5. The van der Waals surface area contributed by atoms with Gasteiger partial charge in [-0.15, -0.1) is 0 Å². The predicted molar refractivity (Wildman–Crippen MR) is 117 cm³/mol. The van der Waals surface area contributed by atoms with Gasteiger partial charge in [0.15, 0.2) is 0 Å². The van der Waals surface area contributed by atoms with E-state index < -0.39 is 4.92 Å². The van der Waals surface area contributed by atoms with Crippen molar-refractivity contribution in [1.29, 1.82) is 0 Å². The van der Waals surface area contributed by atoms with Gasteiger partial charge in [-0.3, -0.25) is 10.1 Å². The molecule has 0 radical (unpaired) electrons. The van der Waals surface area contributed by atoms with Crippen molar-refractivity contribution in [3.05, 3.63) is 70.0 Å². The van der Waals surface area contributed by atoms with Crippen molar-refractivity contribution in [1.82, 2.24) is 15.0 Å². The second-order valence-corrected chi connectivity index (χ2v) is 6.74. The topological polar surface area (TPSA) is 131 Å². The Morgan fingerprint density at radius 3 is 2.56 bits per heavy atom. The number of nitrogens with zero attached hydrogens (tertiary/aromatic N) is 6. The highest BCUT2D eigenvalue weighted by Crippen LogP contribution is 2.21. The number of nitrogens with one attached hydrogen (secondary N) is 2. The molecule has 1 aromatic heterocycles. The van der Waals surface area contributed by atoms with Gasteiger partial charge in [0.2, 0.25) is 17.8 Å². The number of morpholine rings is 1. The van der Waals surface area contributed by atoms with Gasteiger partial charge in [-0.25, -0.2) is 9.82 Å². The van der Waals surface area contributed by atoms with Crippen LogP contribution in [-0.2, 0) is 4.74 Å². The first-order valence-electron chi connectivity index (χ1n) is 9.72. The van der Waals surface area contributed by atoms with E-state index in [1.54, 1.807) is 24.3 Å². The Balaban J connectivity index is 1.56. The molecule has 2 N–H and O–H groups in total. The number of benzene rings is 2. The van der Waals surface area contributed by atoms with Gasteiger partial charge in [-0.05, 0) is 29.8 Å². The van der Waals surface area contributed by atoms with E-state index in [0.717, 1.165) is 0 Å². The minimum absolute atomic E-state index is 0.0192. The maximum absolute atomic E-state index is 13.3. The summed E-state index contributed by atoms with van der Waals surface area (Å²) in [5.41, 5.74) is 3.87. The lowest BCUT2D eigenvalue weighted by Gasteiger charge is -2.27. The van der Waals surface area contributed by atoms with Gasteiger partial charge in [0.05, 0.1) is 24.4 Å². The van der Waals surface area contributed by atoms with Crippen LogP contribution in [-0.4, -0.2) is 52.4 Å². The average Bonchev–Trinajstić information content (AvgIpc) is 2.80. The Hall–Kier alpha value is -4.19. The second kappa shape index (κ2) is 9.75. The summed E-state index contributed by atoms with van der Waals surface area (Å²) in [6, 6.07) is 11.9. The maximum Gasteiger partial charge on any atom is 0.269 e. The number of hydrogen-bond acceptors (Lipinski definition) is 10. The van der Waals surface area contributed by atoms with E-state index in [1.807, 2.05) is 4.90 Å². The number of aromatic nitrogens is 3. The van der Waals surface area contributed by atoms with Gasteiger partial charge in [0, 0.05) is 30.9 Å². The fraction of sp³-hybridized carbons (Fsp3) is 0.200. The van der Waals surface area contributed by atoms with Crippen LogP contribution in [0.1, 0.15) is 5.56 Å². The van der Waals surface area contributed by atoms with Gasteiger partial charge < -0.3 is 15.0 Å². The van der Waals surface area contributed by atoms with Crippen LogP contribution in [0.2, 0.25) is 0 Å². The van der Waals surface area contributed by atoms with E-state index >= 15 is 0 Å². The van der Waals surface area contributed by atoms with Crippen molar-refractivity contribution in [2.45, 2.75) is 0 Å². The molecule has 164 valence electrons. The first-order valence-corrected chi connectivity index (χ1v) is 9.72. The van der Waals surface area contributed by atoms with Crippen molar-refractivity contribution < 1.29 is 14.1 Å². The van der Waals surface area contributed by atoms with E-state index in [1.165, 1.54) is 30.5 Å². The number of non-ortho nitro benzene ring substituents is 1. The molecule has 12 heteroatoms. The number of ether oxygens (including phenoxy) is 1. The number of hydrogen-bond donors (Lipinski definition) is 2. The second-order valence-electron chi connectivity index (χ2n) is 6.74. The monoisotopic (exact) mass is 438 g/mol. The smallest absolute Gasteiger partial charge is 0.269 e. The fourth-order valence-corrected chi connectivity index (χ4v) is 2.92. The third-order valence-electron chi connectivity index (χ3n) is 4.48. The van der Waals surface area contributed by atoms with Crippen molar-refractivity contribution in [3.63, 3.8) is 0 Å². The number of halogens is 1. The van der Waals surface area contributed by atoms with Crippen molar-refractivity contribution >= 4 is 35.4 Å². The molecule has 1 aliphatic heterocycles. The lowest BCUT2D eigenvalue weighted by Crippen LogP contribution is -2.37. The summed E-state index contributed by atoms with van der Waals surface area (Å²) in [6.07, 6.45) is 1.45. The molecule has 0 atom stereocenters. The summed E-state index contributed by atoms with van der Waals surface area (Å²) in [5.74, 6) is 0.479. The van der Waals surface area contributed by atoms with Crippen LogP contribution < -0.4 is 15.6 Å². The van der Waals surface area contributed by atoms with Gasteiger partial charge in [-0.2, -0.15) is 20.1 Å². The molecule has 1 saturated heterocycles. The number of hydrazone groups is 1. The number of rotatable bonds is 7. The number of anilines is 4. The van der Waals surface area contributed by atoms with E-state index in [9.17, 15) is 14.5 Å². The van der Waals surface area contributed by atoms with Gasteiger partial charge >= 0.3 is 0 Å². The van der Waals surface area contributed by atoms with E-state index in [2.05, 4.69) is 30.8 Å². The Kier molecular flexibility index (Phi) is 6.41. The van der Waals surface area contributed by atoms with Crippen LogP contribution in [0.5, 0.6) is 0 Å². The van der Waals surface area contributed by atoms with Gasteiger partial charge in [-0.1, -0.05) is 12.1 Å². The zero-order chi connectivity index (χ0) is 22.3. The zero-order valence-electron chi connectivity index (χ0n) is 16.8. The summed E-state index contributed by atoms with van der Waals surface area (Å²) in [5, 5.41) is 17.9. The first kappa shape index (κ1) is 21.1. The molecule has 1 fully saturated rings. The molecule has 0 aliphatic carbocycles. The predicted octanol–water partition coefficient (Wildman–Crippen LogP) is 2.95. The Morgan fingerprint density at radius 2 is 1.84 bits per heavy atom. The zero-order valence-corrected chi connectivity index (χ0v) is 16.8. The minimum Gasteiger partial charge on any atom is -0.378 e. The van der Waals surface area contributed by atoms with Crippen molar-refractivity contribution in [2.24, 2.45) is 5.10 Å². The summed E-state index contributed by atoms with van der Waals surface area (Å²) in [7, 11) is 0. The molecular formula is C20H19FN8O3. The van der Waals surface area contributed by atoms with Gasteiger partial charge in [0.1, 0.15) is 5.82 Å². The Labute approximate surface area is 182 Å². The van der Waals surface area contributed by atoms with E-state index in [-0.39, 0.29) is 23.4 Å². The normalized spacial score (nSPS) is 13.8. The molecule has 11 nitrogen and oxygen atoms in total. The van der Waals surface area contributed by atoms with Crippen LogP contribution in [0, 0.1) is 15.9 Å². The molecule has 0 amide bonds. The number of nitro benzene ring substituents is 1. The summed E-state index contributed by atoms with van der Waals surface area (Å²) < 4.78 is 18.7. The number of nitro groups is 1.